The number of alkyl halides is 3. The number of carbonyl (C=O) groups is 1. The zero-order valence-electron chi connectivity index (χ0n) is 20.5. The Hall–Kier alpha value is -4.09. The Morgan fingerprint density at radius 3 is 2.37 bits per heavy atom. The summed E-state index contributed by atoms with van der Waals surface area (Å²) >= 11 is 0. The molecule has 1 fully saturated rings. The molecular weight excluding hydrogens is 497 g/mol. The topological polar surface area (TPSA) is 103 Å². The SMILES string of the molecule is NC(=O)N(c1ccc(-c2cccc3c2c(N)nn3CCN2CCOCC2)cc1)c1cccc(C(F)(F)F)c1. The van der Waals surface area contributed by atoms with E-state index in [1.807, 2.05) is 22.9 Å². The first kappa shape index (κ1) is 25.6. The number of rotatable bonds is 6. The summed E-state index contributed by atoms with van der Waals surface area (Å²) in [5, 5.41) is 5.38. The second kappa shape index (κ2) is 10.3. The first-order valence-electron chi connectivity index (χ1n) is 12.1. The molecule has 0 atom stereocenters. The molecular formula is C27H27F3N6O2. The van der Waals surface area contributed by atoms with Gasteiger partial charge in [0, 0.05) is 19.6 Å². The van der Waals surface area contributed by atoms with Crippen molar-refractivity contribution >= 4 is 34.1 Å². The maximum absolute atomic E-state index is 13.2. The van der Waals surface area contributed by atoms with E-state index in [0.29, 0.717) is 18.1 Å². The second-order valence-corrected chi connectivity index (χ2v) is 9.03. The molecule has 11 heteroatoms. The summed E-state index contributed by atoms with van der Waals surface area (Å²) in [6.07, 6.45) is -4.55. The fraction of sp³-hybridized carbons (Fsp3) is 0.259. The van der Waals surface area contributed by atoms with Gasteiger partial charge in [0.1, 0.15) is 0 Å². The Morgan fingerprint density at radius 2 is 1.68 bits per heavy atom. The van der Waals surface area contributed by atoms with Crippen LogP contribution < -0.4 is 16.4 Å². The highest BCUT2D eigenvalue weighted by Crippen LogP contribution is 2.36. The number of hydrogen-bond donors (Lipinski definition) is 2. The van der Waals surface area contributed by atoms with E-state index < -0.39 is 17.8 Å². The van der Waals surface area contributed by atoms with Gasteiger partial charge in [-0.15, -0.1) is 0 Å². The van der Waals surface area contributed by atoms with Gasteiger partial charge in [0.25, 0.3) is 0 Å². The van der Waals surface area contributed by atoms with Crippen molar-refractivity contribution in [2.75, 3.05) is 43.5 Å². The van der Waals surface area contributed by atoms with E-state index in [1.54, 1.807) is 24.3 Å². The van der Waals surface area contributed by atoms with Gasteiger partial charge in [-0.3, -0.25) is 14.5 Å². The molecule has 1 saturated heterocycles. The molecule has 0 radical (unpaired) electrons. The van der Waals surface area contributed by atoms with Crippen LogP contribution in [0.4, 0.5) is 35.2 Å². The number of ether oxygens (including phenoxy) is 1. The van der Waals surface area contributed by atoms with Gasteiger partial charge >= 0.3 is 12.2 Å². The van der Waals surface area contributed by atoms with E-state index in [2.05, 4.69) is 10.00 Å². The third-order valence-electron chi connectivity index (χ3n) is 6.63. The maximum atomic E-state index is 13.2. The minimum Gasteiger partial charge on any atom is -0.382 e. The van der Waals surface area contributed by atoms with Crippen LogP contribution in [0.2, 0.25) is 0 Å². The van der Waals surface area contributed by atoms with Gasteiger partial charge in [-0.25, -0.2) is 4.79 Å². The van der Waals surface area contributed by atoms with Crippen LogP contribution in [0.5, 0.6) is 0 Å². The number of urea groups is 1. The first-order chi connectivity index (χ1) is 18.2. The molecule has 8 nitrogen and oxygen atoms in total. The molecule has 1 aliphatic heterocycles. The second-order valence-electron chi connectivity index (χ2n) is 9.03. The Balaban J connectivity index is 1.44. The lowest BCUT2D eigenvalue weighted by atomic mass is 10.0. The smallest absolute Gasteiger partial charge is 0.382 e. The molecule has 0 saturated carbocycles. The van der Waals surface area contributed by atoms with Gasteiger partial charge in [0.15, 0.2) is 5.82 Å². The van der Waals surface area contributed by atoms with E-state index in [0.717, 1.165) is 71.9 Å². The standard InChI is InChI=1S/C27H27F3N6O2/c28-27(29,30)19-3-1-4-21(17-19)36(26(32)37)20-9-7-18(8-10-20)22-5-2-6-23-24(22)25(31)33-35(23)12-11-34-13-15-38-16-14-34/h1-10,17H,11-16H2,(H2,31,33)(H2,32,37). The molecule has 0 unspecified atom stereocenters. The number of primary amides is 1. The highest BCUT2D eigenvalue weighted by atomic mass is 19.4. The molecule has 5 rings (SSSR count). The maximum Gasteiger partial charge on any atom is 0.416 e. The lowest BCUT2D eigenvalue weighted by molar-refractivity contribution is -0.137. The molecule has 4 N–H and O–H groups in total. The van der Waals surface area contributed by atoms with Crippen molar-refractivity contribution in [1.82, 2.24) is 14.7 Å². The predicted molar refractivity (Wildman–Crippen MR) is 140 cm³/mol. The van der Waals surface area contributed by atoms with E-state index in [1.165, 1.54) is 12.1 Å². The largest absolute Gasteiger partial charge is 0.416 e. The number of amides is 2. The molecule has 2 heterocycles. The third kappa shape index (κ3) is 5.15. The highest BCUT2D eigenvalue weighted by molar-refractivity contribution is 6.03. The van der Waals surface area contributed by atoms with Gasteiger partial charge < -0.3 is 16.2 Å². The van der Waals surface area contributed by atoms with Crippen molar-refractivity contribution in [2.45, 2.75) is 12.7 Å². The zero-order chi connectivity index (χ0) is 26.9. The van der Waals surface area contributed by atoms with E-state index in [9.17, 15) is 18.0 Å². The monoisotopic (exact) mass is 524 g/mol. The molecule has 1 aromatic heterocycles. The van der Waals surface area contributed by atoms with Crippen LogP contribution >= 0.6 is 0 Å². The van der Waals surface area contributed by atoms with E-state index >= 15 is 0 Å². The molecule has 1 aliphatic rings. The summed E-state index contributed by atoms with van der Waals surface area (Å²) in [5.41, 5.74) is 14.0. The number of nitrogen functional groups attached to an aromatic ring is 1. The fourth-order valence-corrected chi connectivity index (χ4v) is 4.75. The number of carbonyl (C=O) groups excluding carboxylic acids is 1. The molecule has 2 amide bonds. The normalized spacial score (nSPS) is 14.6. The quantitative estimate of drug-likeness (QED) is 0.375. The number of nitrogens with zero attached hydrogens (tertiary/aromatic N) is 4. The number of morpholine rings is 1. The van der Waals surface area contributed by atoms with Crippen molar-refractivity contribution in [1.29, 1.82) is 0 Å². The van der Waals surface area contributed by atoms with Gasteiger partial charge in [0.05, 0.1) is 47.6 Å². The number of fused-ring (bicyclic) bond motifs is 1. The van der Waals surface area contributed by atoms with Crippen LogP contribution in [0, 0.1) is 0 Å². The summed E-state index contributed by atoms with van der Waals surface area (Å²) in [6.45, 7) is 4.73. The summed E-state index contributed by atoms with van der Waals surface area (Å²) in [5.74, 6) is 0.407. The van der Waals surface area contributed by atoms with Crippen molar-refractivity contribution < 1.29 is 22.7 Å². The summed E-state index contributed by atoms with van der Waals surface area (Å²) in [7, 11) is 0. The van der Waals surface area contributed by atoms with Crippen LogP contribution in [0.15, 0.2) is 66.7 Å². The minimum absolute atomic E-state index is 0.0213. The molecule has 0 aliphatic carbocycles. The van der Waals surface area contributed by atoms with Crippen molar-refractivity contribution in [3.8, 4) is 11.1 Å². The molecule has 38 heavy (non-hydrogen) atoms. The fourth-order valence-electron chi connectivity index (χ4n) is 4.75. The van der Waals surface area contributed by atoms with Gasteiger partial charge in [0.2, 0.25) is 0 Å². The van der Waals surface area contributed by atoms with Crippen molar-refractivity contribution in [3.63, 3.8) is 0 Å². The predicted octanol–water partition coefficient (Wildman–Crippen LogP) is 4.85. The summed E-state index contributed by atoms with van der Waals surface area (Å²) in [6, 6.07) is 16.2. The van der Waals surface area contributed by atoms with Gasteiger partial charge in [-0.2, -0.15) is 18.3 Å². The Labute approximate surface area is 217 Å². The van der Waals surface area contributed by atoms with Crippen molar-refractivity contribution in [2.24, 2.45) is 5.73 Å². The average Bonchev–Trinajstić information content (AvgIpc) is 3.24. The third-order valence-corrected chi connectivity index (χ3v) is 6.63. The number of hydrogen-bond acceptors (Lipinski definition) is 5. The van der Waals surface area contributed by atoms with E-state index in [4.69, 9.17) is 16.2 Å². The molecule has 3 aromatic carbocycles. The average molecular weight is 525 g/mol. The molecule has 0 spiro atoms. The highest BCUT2D eigenvalue weighted by Gasteiger charge is 2.31. The van der Waals surface area contributed by atoms with E-state index in [-0.39, 0.29) is 5.69 Å². The first-order valence-corrected chi connectivity index (χ1v) is 12.1. The molecule has 198 valence electrons. The van der Waals surface area contributed by atoms with Crippen molar-refractivity contribution in [3.05, 3.63) is 72.3 Å². The zero-order valence-corrected chi connectivity index (χ0v) is 20.5. The van der Waals surface area contributed by atoms with Crippen LogP contribution in [0.1, 0.15) is 5.56 Å². The Kier molecular flexibility index (Phi) is 6.96. The lowest BCUT2D eigenvalue weighted by Crippen LogP contribution is -2.38. The van der Waals surface area contributed by atoms with Crippen LogP contribution in [-0.2, 0) is 17.5 Å². The number of nitrogens with two attached hydrogens (primary N) is 2. The minimum atomic E-state index is -4.55. The Morgan fingerprint density at radius 1 is 0.974 bits per heavy atom. The van der Waals surface area contributed by atoms with Gasteiger partial charge in [-0.05, 0) is 47.5 Å². The summed E-state index contributed by atoms with van der Waals surface area (Å²) in [4.78, 5) is 15.6. The van der Waals surface area contributed by atoms with Crippen LogP contribution in [0.25, 0.3) is 22.0 Å². The van der Waals surface area contributed by atoms with Crippen LogP contribution in [-0.4, -0.2) is 53.6 Å². The molecule has 0 bridgehead atoms. The number of benzene rings is 3. The Bertz CT molecular complexity index is 1450. The summed E-state index contributed by atoms with van der Waals surface area (Å²) < 4.78 is 47.0. The van der Waals surface area contributed by atoms with Gasteiger partial charge in [-0.1, -0.05) is 30.3 Å². The number of aromatic nitrogens is 2. The number of anilines is 3. The molecule has 4 aromatic rings. The number of halogens is 3. The lowest BCUT2D eigenvalue weighted by Gasteiger charge is -2.26. The van der Waals surface area contributed by atoms with Crippen LogP contribution in [0.3, 0.4) is 0 Å².